The molecule has 6 heteroatoms. The van der Waals surface area contributed by atoms with Crippen molar-refractivity contribution in [3.63, 3.8) is 0 Å². The van der Waals surface area contributed by atoms with Crippen LogP contribution in [0, 0.1) is 0 Å². The number of benzene rings is 1. The molecule has 1 heterocycles. The third-order valence-corrected chi connectivity index (χ3v) is 1.87. The first kappa shape index (κ1) is 9.23. The lowest BCUT2D eigenvalue weighted by atomic mass is 10.3. The standard InChI is InChI=1S/C9H8N6/c10-13-11-6-3-7-15-9-5-2-1-4-8(9)12-14-15/h1-5,7H,6H2. The highest BCUT2D eigenvalue weighted by Crippen LogP contribution is 2.09. The second-order valence-corrected chi connectivity index (χ2v) is 2.82. The Bertz CT molecular complexity index is 534. The maximum Gasteiger partial charge on any atom is 0.113 e. The molecule has 0 unspecified atom stereocenters. The third-order valence-electron chi connectivity index (χ3n) is 1.87. The molecule has 0 aliphatic heterocycles. The van der Waals surface area contributed by atoms with Crippen LogP contribution < -0.4 is 0 Å². The van der Waals surface area contributed by atoms with Gasteiger partial charge in [0.1, 0.15) is 5.52 Å². The highest BCUT2D eigenvalue weighted by Gasteiger charge is 1.98. The highest BCUT2D eigenvalue weighted by molar-refractivity contribution is 5.75. The van der Waals surface area contributed by atoms with E-state index in [-0.39, 0.29) is 0 Å². The van der Waals surface area contributed by atoms with Crippen molar-refractivity contribution in [3.05, 3.63) is 40.8 Å². The van der Waals surface area contributed by atoms with Crippen LogP contribution in [0.4, 0.5) is 0 Å². The van der Waals surface area contributed by atoms with E-state index in [1.54, 1.807) is 17.0 Å². The van der Waals surface area contributed by atoms with Gasteiger partial charge in [0.05, 0.1) is 5.52 Å². The molecule has 0 saturated heterocycles. The molecule has 0 aliphatic carbocycles. The zero-order chi connectivity index (χ0) is 10.5. The van der Waals surface area contributed by atoms with Crippen LogP contribution in [0.15, 0.2) is 35.5 Å². The molecule has 0 N–H and O–H groups in total. The zero-order valence-corrected chi connectivity index (χ0v) is 7.85. The maximum absolute atomic E-state index is 8.08. The van der Waals surface area contributed by atoms with E-state index < -0.39 is 0 Å². The fraction of sp³-hybridized carbons (Fsp3) is 0.111. The van der Waals surface area contributed by atoms with Crippen LogP contribution in [0.3, 0.4) is 0 Å². The van der Waals surface area contributed by atoms with Gasteiger partial charge in [0, 0.05) is 17.7 Å². The van der Waals surface area contributed by atoms with Crippen LogP contribution in [0.5, 0.6) is 0 Å². The first-order valence-electron chi connectivity index (χ1n) is 4.39. The fourth-order valence-corrected chi connectivity index (χ4v) is 1.23. The van der Waals surface area contributed by atoms with Crippen LogP contribution >= 0.6 is 0 Å². The van der Waals surface area contributed by atoms with Gasteiger partial charge in [0.15, 0.2) is 0 Å². The number of nitrogens with zero attached hydrogens (tertiary/aromatic N) is 6. The molecule has 0 fully saturated rings. The summed E-state index contributed by atoms with van der Waals surface area (Å²) in [6.45, 7) is 0.310. The van der Waals surface area contributed by atoms with Gasteiger partial charge < -0.3 is 0 Å². The van der Waals surface area contributed by atoms with Crippen molar-refractivity contribution in [2.45, 2.75) is 0 Å². The van der Waals surface area contributed by atoms with Crippen molar-refractivity contribution < 1.29 is 0 Å². The van der Waals surface area contributed by atoms with E-state index in [4.69, 9.17) is 5.53 Å². The summed E-state index contributed by atoms with van der Waals surface area (Å²) < 4.78 is 1.64. The molecule has 1 aromatic carbocycles. The Morgan fingerprint density at radius 1 is 1.47 bits per heavy atom. The molecule has 74 valence electrons. The van der Waals surface area contributed by atoms with Crippen LogP contribution in [0.25, 0.3) is 27.7 Å². The summed E-state index contributed by atoms with van der Waals surface area (Å²) in [6.07, 6.45) is 3.45. The number of hydrogen-bond acceptors (Lipinski definition) is 3. The second-order valence-electron chi connectivity index (χ2n) is 2.82. The Labute approximate surface area is 85.4 Å². The monoisotopic (exact) mass is 200 g/mol. The Morgan fingerprint density at radius 3 is 3.20 bits per heavy atom. The minimum atomic E-state index is 0.310. The Hall–Kier alpha value is -2.33. The largest absolute Gasteiger partial charge is 0.220 e. The van der Waals surface area contributed by atoms with Crippen LogP contribution in [-0.4, -0.2) is 21.5 Å². The molecule has 0 amide bonds. The number of aromatic nitrogens is 3. The predicted molar refractivity (Wildman–Crippen MR) is 56.9 cm³/mol. The summed E-state index contributed by atoms with van der Waals surface area (Å²) in [5, 5.41) is 11.3. The summed E-state index contributed by atoms with van der Waals surface area (Å²) in [5.74, 6) is 0. The summed E-state index contributed by atoms with van der Waals surface area (Å²) in [7, 11) is 0. The summed E-state index contributed by atoms with van der Waals surface area (Å²) in [6, 6.07) is 7.64. The Kier molecular flexibility index (Phi) is 2.62. The molecule has 0 bridgehead atoms. The Balaban J connectivity index is 2.28. The molecule has 2 rings (SSSR count). The third kappa shape index (κ3) is 1.95. The topological polar surface area (TPSA) is 79.5 Å². The first-order valence-corrected chi connectivity index (χ1v) is 4.39. The van der Waals surface area contributed by atoms with E-state index in [1.165, 1.54) is 0 Å². The molecule has 0 atom stereocenters. The fourth-order valence-electron chi connectivity index (χ4n) is 1.23. The van der Waals surface area contributed by atoms with Crippen molar-refractivity contribution >= 4 is 17.2 Å². The van der Waals surface area contributed by atoms with Gasteiger partial charge in [-0.3, -0.25) is 0 Å². The van der Waals surface area contributed by atoms with Gasteiger partial charge in [-0.15, -0.1) is 5.10 Å². The highest BCUT2D eigenvalue weighted by atomic mass is 15.4. The van der Waals surface area contributed by atoms with Gasteiger partial charge in [-0.25, -0.2) is 4.68 Å². The SMILES string of the molecule is [N-]=[N+]=NCC=Cn1nnc2ccccc21. The van der Waals surface area contributed by atoms with Gasteiger partial charge in [0.25, 0.3) is 0 Å². The minimum Gasteiger partial charge on any atom is -0.220 e. The number of hydrogen-bond donors (Lipinski definition) is 0. The Morgan fingerprint density at radius 2 is 2.33 bits per heavy atom. The molecule has 6 nitrogen and oxygen atoms in total. The van der Waals surface area contributed by atoms with Gasteiger partial charge in [-0.1, -0.05) is 28.5 Å². The normalized spacial score (nSPS) is 10.7. The van der Waals surface area contributed by atoms with Gasteiger partial charge in [-0.05, 0) is 17.7 Å². The molecule has 0 saturated carbocycles. The predicted octanol–water partition coefficient (Wildman–Crippen LogP) is 2.21. The summed E-state index contributed by atoms with van der Waals surface area (Å²) in [5.41, 5.74) is 9.85. The zero-order valence-electron chi connectivity index (χ0n) is 7.85. The number of azide groups is 1. The van der Waals surface area contributed by atoms with E-state index >= 15 is 0 Å². The average molecular weight is 200 g/mol. The average Bonchev–Trinajstić information content (AvgIpc) is 2.68. The van der Waals surface area contributed by atoms with Crippen LogP contribution in [0.2, 0.25) is 0 Å². The molecule has 2 aromatic rings. The maximum atomic E-state index is 8.08. The quantitative estimate of drug-likeness (QED) is 0.432. The van der Waals surface area contributed by atoms with E-state index in [1.807, 2.05) is 24.3 Å². The van der Waals surface area contributed by atoms with E-state index in [2.05, 4.69) is 20.3 Å². The van der Waals surface area contributed by atoms with E-state index in [0.29, 0.717) is 6.54 Å². The lowest BCUT2D eigenvalue weighted by Gasteiger charge is -1.91. The number of rotatable bonds is 3. The van der Waals surface area contributed by atoms with E-state index in [9.17, 15) is 0 Å². The minimum absolute atomic E-state index is 0.310. The van der Waals surface area contributed by atoms with Crippen molar-refractivity contribution in [1.29, 1.82) is 0 Å². The van der Waals surface area contributed by atoms with Crippen molar-refractivity contribution in [1.82, 2.24) is 15.0 Å². The second kappa shape index (κ2) is 4.26. The van der Waals surface area contributed by atoms with Gasteiger partial charge >= 0.3 is 0 Å². The molecule has 0 spiro atoms. The number of para-hydroxylation sites is 1. The molecule has 1 aromatic heterocycles. The lowest BCUT2D eigenvalue weighted by Crippen LogP contribution is -1.88. The summed E-state index contributed by atoms with van der Waals surface area (Å²) in [4.78, 5) is 2.65. The van der Waals surface area contributed by atoms with Crippen LogP contribution in [0.1, 0.15) is 0 Å². The number of fused-ring (bicyclic) bond motifs is 1. The van der Waals surface area contributed by atoms with Crippen molar-refractivity contribution in [2.75, 3.05) is 6.54 Å². The smallest absolute Gasteiger partial charge is 0.113 e. The van der Waals surface area contributed by atoms with Crippen molar-refractivity contribution in [2.24, 2.45) is 5.11 Å². The molecule has 15 heavy (non-hydrogen) atoms. The molecule has 0 aliphatic rings. The van der Waals surface area contributed by atoms with Crippen LogP contribution in [-0.2, 0) is 0 Å². The molecular formula is C9H8N6. The molecule has 0 radical (unpaired) electrons. The van der Waals surface area contributed by atoms with Gasteiger partial charge in [0.2, 0.25) is 0 Å². The van der Waals surface area contributed by atoms with Crippen molar-refractivity contribution in [3.8, 4) is 0 Å². The first-order chi connectivity index (χ1) is 7.42. The summed E-state index contributed by atoms with van der Waals surface area (Å²) >= 11 is 0. The molecular weight excluding hydrogens is 192 g/mol. The van der Waals surface area contributed by atoms with Gasteiger partial charge in [-0.2, -0.15) is 0 Å². The lowest BCUT2D eigenvalue weighted by molar-refractivity contribution is 0.859. The van der Waals surface area contributed by atoms with E-state index in [0.717, 1.165) is 11.0 Å².